The molecule has 0 saturated heterocycles. The van der Waals surface area contributed by atoms with Crippen molar-refractivity contribution in [2.24, 2.45) is 0 Å². The van der Waals surface area contributed by atoms with Crippen LogP contribution in [0.3, 0.4) is 0 Å². The van der Waals surface area contributed by atoms with Crippen LogP contribution in [-0.4, -0.2) is 4.98 Å². The van der Waals surface area contributed by atoms with Crippen LogP contribution in [0.1, 0.15) is 5.56 Å². The minimum Gasteiger partial charge on any atom is -0.322 e. The van der Waals surface area contributed by atoms with E-state index >= 15 is 0 Å². The van der Waals surface area contributed by atoms with Gasteiger partial charge >= 0.3 is 0 Å². The number of nitrogens with one attached hydrogen (secondary N) is 1. The highest BCUT2D eigenvalue weighted by Crippen LogP contribution is 2.09. The first-order chi connectivity index (χ1) is 5.75. The van der Waals surface area contributed by atoms with Gasteiger partial charge in [0, 0.05) is 17.0 Å². The number of aromatic nitrogens is 1. The fourth-order valence-corrected chi connectivity index (χ4v) is 1.19. The van der Waals surface area contributed by atoms with Crippen LogP contribution in [0, 0.1) is 13.0 Å². The molecule has 12 heavy (non-hydrogen) atoms. The average Bonchev–Trinajstić information content (AvgIpc) is 2.05. The lowest BCUT2D eigenvalue weighted by atomic mass is 10.1. The normalized spacial score (nSPS) is 10.4. The molecule has 59 valence electrons. The average molecular weight is 158 g/mol. The molecule has 2 nitrogen and oxygen atoms in total. The third kappa shape index (κ3) is 1.11. The smallest absolute Gasteiger partial charge is 0.248 e. The van der Waals surface area contributed by atoms with Crippen LogP contribution in [0.2, 0.25) is 0 Å². The molecule has 0 amide bonds. The maximum atomic E-state index is 10.9. The molecular weight excluding hydrogens is 150 g/mol. The van der Waals surface area contributed by atoms with Crippen molar-refractivity contribution in [3.63, 3.8) is 0 Å². The molecule has 0 spiro atoms. The number of fused-ring (bicyclic) bond motifs is 1. The standard InChI is InChI=1S/C10H8NO/c1-7-2-4-9-8(6-7)3-5-10(12)11-9/h2-5H,1H3,(H,11,12). The van der Waals surface area contributed by atoms with Crippen LogP contribution in [0.25, 0.3) is 10.9 Å². The zero-order chi connectivity index (χ0) is 8.55. The lowest BCUT2D eigenvalue weighted by Crippen LogP contribution is -2.01. The second-order valence-corrected chi connectivity index (χ2v) is 2.79. The van der Waals surface area contributed by atoms with Crippen molar-refractivity contribution in [2.75, 3.05) is 0 Å². The maximum absolute atomic E-state index is 10.9. The van der Waals surface area contributed by atoms with Crippen molar-refractivity contribution >= 4 is 10.9 Å². The molecule has 0 aliphatic rings. The summed E-state index contributed by atoms with van der Waals surface area (Å²) in [4.78, 5) is 13.6. The predicted octanol–water partition coefficient (Wildman–Crippen LogP) is 1.64. The van der Waals surface area contributed by atoms with Crippen molar-refractivity contribution in [3.8, 4) is 0 Å². The Hall–Kier alpha value is -1.57. The molecule has 1 aromatic heterocycles. The molecule has 0 fully saturated rings. The second kappa shape index (κ2) is 2.48. The summed E-state index contributed by atoms with van der Waals surface area (Å²) in [6.45, 7) is 1.98. The van der Waals surface area contributed by atoms with E-state index in [1.807, 2.05) is 19.1 Å². The van der Waals surface area contributed by atoms with Crippen LogP contribution in [0.4, 0.5) is 0 Å². The highest BCUT2D eigenvalue weighted by molar-refractivity contribution is 5.78. The maximum Gasteiger partial charge on any atom is 0.248 e. The number of hydrogen-bond acceptors (Lipinski definition) is 1. The summed E-state index contributed by atoms with van der Waals surface area (Å²) in [5.74, 6) is 0. The van der Waals surface area contributed by atoms with E-state index in [1.54, 1.807) is 6.07 Å². The molecule has 0 aliphatic heterocycles. The number of hydrogen-bond donors (Lipinski definition) is 1. The third-order valence-corrected chi connectivity index (χ3v) is 1.78. The Bertz CT molecular complexity index is 470. The van der Waals surface area contributed by atoms with Crippen molar-refractivity contribution in [1.29, 1.82) is 0 Å². The monoisotopic (exact) mass is 158 g/mol. The van der Waals surface area contributed by atoms with Crippen molar-refractivity contribution < 1.29 is 0 Å². The van der Waals surface area contributed by atoms with Gasteiger partial charge in [0.05, 0.1) is 0 Å². The van der Waals surface area contributed by atoms with E-state index in [1.165, 1.54) is 6.07 Å². The first kappa shape index (κ1) is 7.10. The number of pyridine rings is 1. The molecule has 2 rings (SSSR count). The quantitative estimate of drug-likeness (QED) is 0.621. The van der Waals surface area contributed by atoms with E-state index < -0.39 is 0 Å². The molecule has 2 aromatic rings. The largest absolute Gasteiger partial charge is 0.322 e. The minimum atomic E-state index is -0.0697. The summed E-state index contributed by atoms with van der Waals surface area (Å²) in [5.41, 5.74) is 1.85. The van der Waals surface area contributed by atoms with Gasteiger partial charge in [0.1, 0.15) is 0 Å². The summed E-state index contributed by atoms with van der Waals surface area (Å²) in [5, 5.41) is 0.953. The van der Waals surface area contributed by atoms with Gasteiger partial charge in [-0.25, -0.2) is 0 Å². The highest BCUT2D eigenvalue weighted by atomic mass is 16.1. The Labute approximate surface area is 69.9 Å². The van der Waals surface area contributed by atoms with Gasteiger partial charge in [-0.2, -0.15) is 0 Å². The van der Waals surface area contributed by atoms with E-state index in [-0.39, 0.29) is 5.56 Å². The fourth-order valence-electron chi connectivity index (χ4n) is 1.19. The molecule has 1 radical (unpaired) electrons. The Morgan fingerprint density at radius 3 is 2.92 bits per heavy atom. The molecule has 0 saturated carbocycles. The molecule has 0 atom stereocenters. The van der Waals surface area contributed by atoms with Gasteiger partial charge in [-0.15, -0.1) is 0 Å². The first-order valence-electron chi connectivity index (χ1n) is 3.78. The minimum absolute atomic E-state index is 0.0697. The number of aryl methyl sites for hydroxylation is 1. The summed E-state index contributed by atoms with van der Waals surface area (Å²) in [7, 11) is 0. The summed E-state index contributed by atoms with van der Waals surface area (Å²) >= 11 is 0. The van der Waals surface area contributed by atoms with Gasteiger partial charge in [-0.3, -0.25) is 4.79 Å². The van der Waals surface area contributed by atoms with Crippen LogP contribution < -0.4 is 5.56 Å². The molecule has 0 aliphatic carbocycles. The van der Waals surface area contributed by atoms with E-state index in [4.69, 9.17) is 0 Å². The zero-order valence-electron chi connectivity index (χ0n) is 6.72. The molecule has 0 bridgehead atoms. The lowest BCUT2D eigenvalue weighted by molar-refractivity contribution is 1.30. The molecule has 1 aromatic carbocycles. The molecule has 2 heteroatoms. The lowest BCUT2D eigenvalue weighted by Gasteiger charge is -1.96. The SMILES string of the molecule is Cc1[c]c2ccc(=O)[nH]c2cc1. The first-order valence-corrected chi connectivity index (χ1v) is 3.78. The van der Waals surface area contributed by atoms with Crippen LogP contribution in [0.15, 0.2) is 29.1 Å². The van der Waals surface area contributed by atoms with Crippen molar-refractivity contribution in [3.05, 3.63) is 46.2 Å². The molecule has 1 N–H and O–H groups in total. The molecular formula is C10H8NO. The van der Waals surface area contributed by atoms with E-state index in [2.05, 4.69) is 11.1 Å². The van der Waals surface area contributed by atoms with Crippen LogP contribution >= 0.6 is 0 Å². The van der Waals surface area contributed by atoms with Gasteiger partial charge in [-0.1, -0.05) is 6.07 Å². The Balaban J connectivity index is 2.87. The zero-order valence-corrected chi connectivity index (χ0v) is 6.72. The number of aromatic amines is 1. The van der Waals surface area contributed by atoms with Gasteiger partial charge in [0.25, 0.3) is 0 Å². The Kier molecular flexibility index (Phi) is 1.47. The fraction of sp³-hybridized carbons (Fsp3) is 0.100. The molecule has 1 heterocycles. The van der Waals surface area contributed by atoms with E-state index in [0.29, 0.717) is 0 Å². The summed E-state index contributed by atoms with van der Waals surface area (Å²) in [6.07, 6.45) is 0. The van der Waals surface area contributed by atoms with E-state index in [9.17, 15) is 4.79 Å². The molecule has 0 unspecified atom stereocenters. The predicted molar refractivity (Wildman–Crippen MR) is 48.1 cm³/mol. The van der Waals surface area contributed by atoms with Crippen LogP contribution in [-0.2, 0) is 0 Å². The van der Waals surface area contributed by atoms with Gasteiger partial charge in [0.2, 0.25) is 5.56 Å². The second-order valence-electron chi connectivity index (χ2n) is 2.79. The van der Waals surface area contributed by atoms with Gasteiger partial charge in [-0.05, 0) is 30.7 Å². The third-order valence-electron chi connectivity index (χ3n) is 1.78. The number of H-pyrrole nitrogens is 1. The van der Waals surface area contributed by atoms with Gasteiger partial charge in [0.15, 0.2) is 0 Å². The van der Waals surface area contributed by atoms with Crippen molar-refractivity contribution in [2.45, 2.75) is 6.92 Å². The Morgan fingerprint density at radius 1 is 1.25 bits per heavy atom. The number of rotatable bonds is 0. The summed E-state index contributed by atoms with van der Waals surface area (Å²) in [6, 6.07) is 10.3. The topological polar surface area (TPSA) is 32.9 Å². The summed E-state index contributed by atoms with van der Waals surface area (Å²) < 4.78 is 0. The number of benzene rings is 1. The van der Waals surface area contributed by atoms with Gasteiger partial charge < -0.3 is 4.98 Å². The van der Waals surface area contributed by atoms with E-state index in [0.717, 1.165) is 16.5 Å². The highest BCUT2D eigenvalue weighted by Gasteiger charge is 1.93. The van der Waals surface area contributed by atoms with Crippen molar-refractivity contribution in [1.82, 2.24) is 4.98 Å². The Morgan fingerprint density at radius 2 is 2.08 bits per heavy atom. The van der Waals surface area contributed by atoms with Crippen LogP contribution in [0.5, 0.6) is 0 Å².